The minimum Gasteiger partial charge on any atom is -0.374 e. The molecule has 88 valence electrons. The summed E-state index contributed by atoms with van der Waals surface area (Å²) in [4.78, 5) is 10.7. The van der Waals surface area contributed by atoms with Gasteiger partial charge in [0.15, 0.2) is 0 Å². The zero-order valence-corrected chi connectivity index (χ0v) is 9.69. The fourth-order valence-corrected chi connectivity index (χ4v) is 1.37. The fraction of sp³-hybridized carbons (Fsp3) is 0.417. The van der Waals surface area contributed by atoms with E-state index in [-0.39, 0.29) is 0 Å². The molecule has 3 N–H and O–H groups in total. The average molecular weight is 222 g/mol. The molecule has 1 aromatic rings. The molecular weight excluding hydrogens is 204 g/mol. The Morgan fingerprint density at radius 2 is 2.00 bits per heavy atom. The van der Waals surface area contributed by atoms with E-state index in [0.29, 0.717) is 13.2 Å². The maximum Gasteiger partial charge on any atom is 0.312 e. The van der Waals surface area contributed by atoms with E-state index in [9.17, 15) is 4.79 Å². The summed E-state index contributed by atoms with van der Waals surface area (Å²) >= 11 is 0. The summed E-state index contributed by atoms with van der Waals surface area (Å²) < 4.78 is 5.52. The molecule has 1 rings (SSSR count). The second-order valence-electron chi connectivity index (χ2n) is 4.35. The van der Waals surface area contributed by atoms with E-state index in [0.717, 1.165) is 5.56 Å². The van der Waals surface area contributed by atoms with Gasteiger partial charge in [-0.1, -0.05) is 30.3 Å². The third-order valence-corrected chi connectivity index (χ3v) is 2.04. The molecule has 0 aliphatic heterocycles. The molecule has 0 spiro atoms. The van der Waals surface area contributed by atoms with Crippen molar-refractivity contribution in [1.82, 2.24) is 5.32 Å². The van der Waals surface area contributed by atoms with Gasteiger partial charge in [0.05, 0.1) is 18.8 Å². The van der Waals surface area contributed by atoms with Gasteiger partial charge >= 0.3 is 6.03 Å². The van der Waals surface area contributed by atoms with Crippen molar-refractivity contribution in [3.63, 3.8) is 0 Å². The molecule has 0 atom stereocenters. The van der Waals surface area contributed by atoms with E-state index in [2.05, 4.69) is 5.32 Å². The number of carbonyl (C=O) groups excluding carboxylic acids is 1. The van der Waals surface area contributed by atoms with Crippen LogP contribution in [-0.4, -0.2) is 18.2 Å². The van der Waals surface area contributed by atoms with Crippen LogP contribution in [0.15, 0.2) is 30.3 Å². The predicted octanol–water partition coefficient (Wildman–Crippen LogP) is 1.65. The number of amides is 2. The van der Waals surface area contributed by atoms with E-state index >= 15 is 0 Å². The van der Waals surface area contributed by atoms with Crippen LogP contribution in [0.2, 0.25) is 0 Å². The van der Waals surface area contributed by atoms with Crippen molar-refractivity contribution in [2.45, 2.75) is 26.0 Å². The topological polar surface area (TPSA) is 64.3 Å². The third kappa shape index (κ3) is 4.79. The highest BCUT2D eigenvalue weighted by Gasteiger charge is 2.19. The predicted molar refractivity (Wildman–Crippen MR) is 62.9 cm³/mol. The van der Waals surface area contributed by atoms with E-state index < -0.39 is 11.6 Å². The highest BCUT2D eigenvalue weighted by Crippen LogP contribution is 2.06. The summed E-state index contributed by atoms with van der Waals surface area (Å²) in [5, 5.41) is 2.62. The molecule has 0 aromatic heterocycles. The summed E-state index contributed by atoms with van der Waals surface area (Å²) in [7, 11) is 0. The Labute approximate surface area is 95.8 Å². The van der Waals surface area contributed by atoms with Gasteiger partial charge in [-0.25, -0.2) is 4.79 Å². The third-order valence-electron chi connectivity index (χ3n) is 2.04. The largest absolute Gasteiger partial charge is 0.374 e. The molecule has 1 aromatic carbocycles. The van der Waals surface area contributed by atoms with Gasteiger partial charge in [-0.15, -0.1) is 0 Å². The first-order chi connectivity index (χ1) is 7.49. The lowest BCUT2D eigenvalue weighted by atomic mass is 10.1. The minimum atomic E-state index is -0.534. The van der Waals surface area contributed by atoms with Crippen molar-refractivity contribution in [1.29, 1.82) is 0 Å². The number of ether oxygens (including phenoxy) is 1. The Bertz CT molecular complexity index is 336. The Balaban J connectivity index is 2.32. The molecule has 0 fully saturated rings. The van der Waals surface area contributed by atoms with E-state index in [1.165, 1.54) is 0 Å². The first-order valence-electron chi connectivity index (χ1n) is 5.19. The van der Waals surface area contributed by atoms with Gasteiger partial charge in [-0.2, -0.15) is 0 Å². The van der Waals surface area contributed by atoms with Crippen molar-refractivity contribution in [2.24, 2.45) is 5.73 Å². The van der Waals surface area contributed by atoms with Gasteiger partial charge in [0.1, 0.15) is 0 Å². The molecule has 2 amide bonds. The first-order valence-corrected chi connectivity index (χ1v) is 5.19. The maximum atomic E-state index is 10.7. The van der Waals surface area contributed by atoms with Crippen LogP contribution in [0, 0.1) is 0 Å². The Morgan fingerprint density at radius 1 is 1.38 bits per heavy atom. The number of nitrogens with one attached hydrogen (secondary N) is 1. The average Bonchev–Trinajstić information content (AvgIpc) is 2.16. The van der Waals surface area contributed by atoms with Gasteiger partial charge < -0.3 is 15.8 Å². The highest BCUT2D eigenvalue weighted by atomic mass is 16.5. The monoisotopic (exact) mass is 222 g/mol. The number of benzene rings is 1. The lowest BCUT2D eigenvalue weighted by Crippen LogP contribution is -2.49. The summed E-state index contributed by atoms with van der Waals surface area (Å²) in [6.45, 7) is 4.68. The fourth-order valence-electron chi connectivity index (χ4n) is 1.37. The minimum absolute atomic E-state index is 0.421. The second kappa shape index (κ2) is 5.51. The standard InChI is InChI=1S/C12H18N2O2/c1-12(2,14-11(13)15)9-16-8-10-6-4-3-5-7-10/h3-7H,8-9H2,1-2H3,(H3,13,14,15). The summed E-state index contributed by atoms with van der Waals surface area (Å²) in [6.07, 6.45) is 0. The van der Waals surface area contributed by atoms with Crippen LogP contribution in [0.1, 0.15) is 19.4 Å². The molecule has 4 nitrogen and oxygen atoms in total. The molecular formula is C12H18N2O2. The van der Waals surface area contributed by atoms with Crippen molar-refractivity contribution in [3.05, 3.63) is 35.9 Å². The highest BCUT2D eigenvalue weighted by molar-refractivity contribution is 5.72. The number of rotatable bonds is 5. The normalized spacial score (nSPS) is 11.1. The molecule has 0 aliphatic carbocycles. The number of carbonyl (C=O) groups is 1. The van der Waals surface area contributed by atoms with E-state index in [1.54, 1.807) is 0 Å². The van der Waals surface area contributed by atoms with Crippen LogP contribution in [0.5, 0.6) is 0 Å². The lowest BCUT2D eigenvalue weighted by Gasteiger charge is -2.24. The molecule has 0 heterocycles. The number of urea groups is 1. The Kier molecular flexibility index (Phi) is 4.31. The molecule has 0 bridgehead atoms. The van der Waals surface area contributed by atoms with Gasteiger partial charge in [0.25, 0.3) is 0 Å². The summed E-state index contributed by atoms with van der Waals surface area (Å²) in [6, 6.07) is 9.34. The number of hydrogen-bond donors (Lipinski definition) is 2. The molecule has 0 aliphatic rings. The number of primary amides is 1. The van der Waals surface area contributed by atoms with E-state index in [4.69, 9.17) is 10.5 Å². The van der Waals surface area contributed by atoms with Crippen LogP contribution in [0.3, 0.4) is 0 Å². The smallest absolute Gasteiger partial charge is 0.312 e. The van der Waals surface area contributed by atoms with Crippen LogP contribution >= 0.6 is 0 Å². The molecule has 0 saturated heterocycles. The first kappa shape index (κ1) is 12.5. The van der Waals surface area contributed by atoms with Crippen LogP contribution in [-0.2, 0) is 11.3 Å². The van der Waals surface area contributed by atoms with Crippen molar-refractivity contribution >= 4 is 6.03 Å². The number of nitrogens with two attached hydrogens (primary N) is 1. The van der Waals surface area contributed by atoms with Crippen LogP contribution in [0.25, 0.3) is 0 Å². The molecule has 0 unspecified atom stereocenters. The molecule has 16 heavy (non-hydrogen) atoms. The van der Waals surface area contributed by atoms with Gasteiger partial charge in [0, 0.05) is 0 Å². The molecule has 0 saturated carbocycles. The molecule has 0 radical (unpaired) electrons. The van der Waals surface area contributed by atoms with Gasteiger partial charge in [-0.3, -0.25) is 0 Å². The zero-order chi connectivity index (χ0) is 12.0. The van der Waals surface area contributed by atoms with Crippen molar-refractivity contribution in [3.8, 4) is 0 Å². The Hall–Kier alpha value is -1.55. The summed E-state index contributed by atoms with van der Waals surface area (Å²) in [5.74, 6) is 0. The van der Waals surface area contributed by atoms with Gasteiger partial charge in [0.2, 0.25) is 0 Å². The maximum absolute atomic E-state index is 10.7. The SMILES string of the molecule is CC(C)(COCc1ccccc1)NC(N)=O. The van der Waals surface area contributed by atoms with E-state index in [1.807, 2.05) is 44.2 Å². The van der Waals surface area contributed by atoms with Crippen molar-refractivity contribution in [2.75, 3.05) is 6.61 Å². The summed E-state index contributed by atoms with van der Waals surface area (Å²) in [5.41, 5.74) is 5.72. The quantitative estimate of drug-likeness (QED) is 0.795. The van der Waals surface area contributed by atoms with Crippen LogP contribution in [0.4, 0.5) is 4.79 Å². The van der Waals surface area contributed by atoms with Gasteiger partial charge in [-0.05, 0) is 19.4 Å². The van der Waals surface area contributed by atoms with Crippen molar-refractivity contribution < 1.29 is 9.53 Å². The lowest BCUT2D eigenvalue weighted by molar-refractivity contribution is 0.0750. The zero-order valence-electron chi connectivity index (χ0n) is 9.69. The Morgan fingerprint density at radius 3 is 2.56 bits per heavy atom. The van der Waals surface area contributed by atoms with Crippen LogP contribution < -0.4 is 11.1 Å². The number of hydrogen-bond acceptors (Lipinski definition) is 2. The molecule has 4 heteroatoms. The second-order valence-corrected chi connectivity index (χ2v) is 4.35.